The van der Waals surface area contributed by atoms with Gasteiger partial charge in [0, 0.05) is 43.2 Å². The highest BCUT2D eigenvalue weighted by Crippen LogP contribution is 2.44. The van der Waals surface area contributed by atoms with Crippen molar-refractivity contribution in [3.63, 3.8) is 0 Å². The molecule has 1 aromatic heterocycles. The topological polar surface area (TPSA) is 52.7 Å². The lowest BCUT2D eigenvalue weighted by atomic mass is 9.81. The number of benzene rings is 2. The first-order valence-corrected chi connectivity index (χ1v) is 13.4. The summed E-state index contributed by atoms with van der Waals surface area (Å²) in [5, 5.41) is 5.26. The van der Waals surface area contributed by atoms with Crippen LogP contribution in [0.5, 0.6) is 0 Å². The molecule has 2 aliphatic heterocycles. The first kappa shape index (κ1) is 23.8. The van der Waals surface area contributed by atoms with Crippen LogP contribution >= 0.6 is 11.3 Å². The zero-order valence-corrected chi connectivity index (χ0v) is 21.3. The van der Waals surface area contributed by atoms with Crippen LogP contribution in [0.15, 0.2) is 66.0 Å². The number of carbonyl (C=O) groups is 2. The van der Waals surface area contributed by atoms with Gasteiger partial charge in [0.1, 0.15) is 0 Å². The number of thiophene rings is 1. The van der Waals surface area contributed by atoms with Gasteiger partial charge < -0.3 is 10.2 Å². The van der Waals surface area contributed by atoms with Gasteiger partial charge in [0.05, 0.1) is 12.0 Å². The summed E-state index contributed by atoms with van der Waals surface area (Å²) in [4.78, 5) is 32.7. The molecule has 3 heterocycles. The van der Waals surface area contributed by atoms with E-state index in [4.69, 9.17) is 0 Å². The van der Waals surface area contributed by atoms with Crippen molar-refractivity contribution in [2.24, 2.45) is 5.92 Å². The van der Waals surface area contributed by atoms with E-state index >= 15 is 0 Å². The lowest BCUT2D eigenvalue weighted by Crippen LogP contribution is -2.49. The summed E-state index contributed by atoms with van der Waals surface area (Å²) in [6.45, 7) is 8.19. The number of hydrogen-bond acceptors (Lipinski definition) is 4. The number of nitrogens with zero attached hydrogens (tertiary/aromatic N) is 2. The predicted octanol–water partition coefficient (Wildman–Crippen LogP) is 4.86. The van der Waals surface area contributed by atoms with Crippen LogP contribution in [0.2, 0.25) is 0 Å². The van der Waals surface area contributed by atoms with Gasteiger partial charge in [0.25, 0.3) is 5.91 Å². The summed E-state index contributed by atoms with van der Waals surface area (Å²) in [5.74, 6) is -0.112. The predicted molar refractivity (Wildman–Crippen MR) is 141 cm³/mol. The molecule has 0 aliphatic carbocycles. The molecule has 0 unspecified atom stereocenters. The van der Waals surface area contributed by atoms with Gasteiger partial charge in [-0.2, -0.15) is 0 Å². The fraction of sp³-hybridized carbons (Fsp3) is 0.379. The van der Waals surface area contributed by atoms with Crippen molar-refractivity contribution in [2.75, 3.05) is 26.2 Å². The molecule has 2 amide bonds. The van der Waals surface area contributed by atoms with Crippen molar-refractivity contribution in [3.8, 4) is 0 Å². The molecular weight excluding hydrogens is 454 g/mol. The maximum Gasteiger partial charge on any atom is 0.254 e. The second-order valence-electron chi connectivity index (χ2n) is 9.96. The molecule has 182 valence electrons. The maximum absolute atomic E-state index is 13.8. The molecular formula is C29H33N3O2S. The minimum Gasteiger partial charge on any atom is -0.354 e. The zero-order chi connectivity index (χ0) is 24.4. The van der Waals surface area contributed by atoms with E-state index in [1.54, 1.807) is 11.3 Å². The minimum absolute atomic E-state index is 0.00508. The lowest BCUT2D eigenvalue weighted by molar-refractivity contribution is -0.124. The Morgan fingerprint density at radius 2 is 1.83 bits per heavy atom. The van der Waals surface area contributed by atoms with Crippen LogP contribution in [-0.2, 0) is 17.8 Å². The summed E-state index contributed by atoms with van der Waals surface area (Å²) in [5.41, 5.74) is 4.29. The molecule has 0 saturated heterocycles. The number of fused-ring (bicyclic) bond motifs is 2. The molecule has 5 nitrogen and oxygen atoms in total. The van der Waals surface area contributed by atoms with E-state index in [9.17, 15) is 9.59 Å². The summed E-state index contributed by atoms with van der Waals surface area (Å²) < 4.78 is 0. The van der Waals surface area contributed by atoms with Crippen LogP contribution in [0.4, 0.5) is 0 Å². The quantitative estimate of drug-likeness (QED) is 0.518. The number of carbonyl (C=O) groups excluding carboxylic acids is 2. The van der Waals surface area contributed by atoms with Crippen LogP contribution in [0, 0.1) is 5.92 Å². The van der Waals surface area contributed by atoms with Crippen molar-refractivity contribution < 1.29 is 9.59 Å². The average Bonchev–Trinajstić information content (AvgIpc) is 3.40. The Hall–Kier alpha value is -2.96. The normalized spacial score (nSPS) is 20.0. The third-order valence-electron chi connectivity index (χ3n) is 7.05. The fourth-order valence-corrected chi connectivity index (χ4v) is 6.31. The molecule has 0 radical (unpaired) electrons. The largest absolute Gasteiger partial charge is 0.354 e. The Morgan fingerprint density at radius 3 is 2.60 bits per heavy atom. The Balaban J connectivity index is 1.36. The molecule has 2 aliphatic rings. The van der Waals surface area contributed by atoms with Crippen molar-refractivity contribution in [1.82, 2.24) is 15.1 Å². The van der Waals surface area contributed by atoms with Gasteiger partial charge in [0.15, 0.2) is 0 Å². The lowest BCUT2D eigenvalue weighted by Gasteiger charge is -2.42. The van der Waals surface area contributed by atoms with Crippen molar-refractivity contribution in [3.05, 3.63) is 93.2 Å². The zero-order valence-electron chi connectivity index (χ0n) is 20.4. The number of hydrogen-bond donors (Lipinski definition) is 1. The Labute approximate surface area is 211 Å². The van der Waals surface area contributed by atoms with Gasteiger partial charge in [-0.3, -0.25) is 14.5 Å². The highest BCUT2D eigenvalue weighted by atomic mass is 32.1. The van der Waals surface area contributed by atoms with Crippen LogP contribution in [0.25, 0.3) is 0 Å². The molecule has 6 heteroatoms. The number of nitrogens with one attached hydrogen (secondary N) is 1. The third kappa shape index (κ3) is 4.91. The Bertz CT molecular complexity index is 1190. The van der Waals surface area contributed by atoms with Crippen LogP contribution in [0.1, 0.15) is 57.7 Å². The van der Waals surface area contributed by atoms with E-state index in [-0.39, 0.29) is 17.9 Å². The molecule has 2 aromatic carbocycles. The highest BCUT2D eigenvalue weighted by molar-refractivity contribution is 7.10. The van der Waals surface area contributed by atoms with Crippen LogP contribution < -0.4 is 5.32 Å². The van der Waals surface area contributed by atoms with Crippen molar-refractivity contribution in [1.29, 1.82) is 0 Å². The van der Waals surface area contributed by atoms with E-state index in [1.807, 2.05) is 40.6 Å². The fourth-order valence-electron chi connectivity index (χ4n) is 5.44. The standard InChI is InChI=1S/C29H33N3O2S/c1-20(2)18-32-27(25-12-7-17-35-25)26(23-10-5-6-11-24(23)29(32)34)28(33)30-14-16-31-15-13-21-8-3-4-9-22(21)19-31/h3-12,17,20,26-27H,13-16,18-19H2,1-2H3,(H,30,33)/t26-,27-/m0/s1. The highest BCUT2D eigenvalue weighted by Gasteiger charge is 2.44. The van der Waals surface area contributed by atoms with E-state index in [0.29, 0.717) is 24.6 Å². The van der Waals surface area contributed by atoms with E-state index in [1.165, 1.54) is 11.1 Å². The van der Waals surface area contributed by atoms with Gasteiger partial charge in [-0.1, -0.05) is 62.4 Å². The van der Waals surface area contributed by atoms with Gasteiger partial charge in [0.2, 0.25) is 5.91 Å². The molecule has 1 N–H and O–H groups in total. The molecule has 2 atom stereocenters. The van der Waals surface area contributed by atoms with E-state index < -0.39 is 5.92 Å². The SMILES string of the molecule is CC(C)CN1C(=O)c2ccccc2[C@H](C(=O)NCCN2CCc3ccccc3C2)[C@@H]1c1cccs1. The smallest absolute Gasteiger partial charge is 0.254 e. The van der Waals surface area contributed by atoms with Gasteiger partial charge >= 0.3 is 0 Å². The molecule has 0 saturated carbocycles. The maximum atomic E-state index is 13.8. The molecule has 0 spiro atoms. The van der Waals surface area contributed by atoms with Gasteiger partial charge in [-0.05, 0) is 46.5 Å². The van der Waals surface area contributed by atoms with E-state index in [2.05, 4.69) is 54.4 Å². The number of rotatable bonds is 7. The summed E-state index contributed by atoms with van der Waals surface area (Å²) in [7, 11) is 0. The third-order valence-corrected chi connectivity index (χ3v) is 8.00. The van der Waals surface area contributed by atoms with Crippen molar-refractivity contribution in [2.45, 2.75) is 38.8 Å². The summed E-state index contributed by atoms with van der Waals surface area (Å²) >= 11 is 1.62. The van der Waals surface area contributed by atoms with Gasteiger partial charge in [-0.25, -0.2) is 0 Å². The Kier molecular flexibility index (Phi) is 7.02. The molecule has 0 bridgehead atoms. The minimum atomic E-state index is -0.427. The first-order chi connectivity index (χ1) is 17.0. The molecule has 0 fully saturated rings. The average molecular weight is 488 g/mol. The second-order valence-corrected chi connectivity index (χ2v) is 10.9. The molecule has 3 aromatic rings. The monoisotopic (exact) mass is 487 g/mol. The van der Waals surface area contributed by atoms with Crippen molar-refractivity contribution >= 4 is 23.2 Å². The van der Waals surface area contributed by atoms with Crippen LogP contribution in [-0.4, -0.2) is 47.8 Å². The summed E-state index contributed by atoms with van der Waals surface area (Å²) in [6, 6.07) is 20.0. The first-order valence-electron chi connectivity index (χ1n) is 12.5. The van der Waals surface area contributed by atoms with E-state index in [0.717, 1.165) is 36.5 Å². The van der Waals surface area contributed by atoms with Gasteiger partial charge in [-0.15, -0.1) is 11.3 Å². The second kappa shape index (κ2) is 10.3. The Morgan fingerprint density at radius 1 is 1.06 bits per heavy atom. The number of amides is 2. The van der Waals surface area contributed by atoms with Crippen LogP contribution in [0.3, 0.4) is 0 Å². The molecule has 35 heavy (non-hydrogen) atoms. The molecule has 5 rings (SSSR count). The summed E-state index contributed by atoms with van der Waals surface area (Å²) in [6.07, 6.45) is 1.05.